The maximum absolute atomic E-state index is 5.77. The van der Waals surface area contributed by atoms with Crippen LogP contribution >= 0.6 is 0 Å². The molecule has 0 amide bonds. The van der Waals surface area contributed by atoms with Gasteiger partial charge in [-0.15, -0.1) is 0 Å². The molecule has 0 radical (unpaired) electrons. The second kappa shape index (κ2) is 8.11. The number of hydrogen-bond acceptors (Lipinski definition) is 5. The average Bonchev–Trinajstić information content (AvgIpc) is 2.64. The van der Waals surface area contributed by atoms with E-state index in [2.05, 4.69) is 57.4 Å². The summed E-state index contributed by atoms with van der Waals surface area (Å²) >= 11 is 0. The number of anilines is 2. The van der Waals surface area contributed by atoms with Crippen molar-refractivity contribution in [3.8, 4) is 0 Å². The van der Waals surface area contributed by atoms with E-state index in [4.69, 9.17) is 5.73 Å². The minimum Gasteiger partial charge on any atom is -0.368 e. The first-order valence-corrected chi connectivity index (χ1v) is 8.92. The molecule has 0 saturated carbocycles. The topological polar surface area (TPSA) is 67.1 Å². The number of nitrogens with two attached hydrogens (primary N) is 1. The second-order valence-electron chi connectivity index (χ2n) is 6.36. The van der Waals surface area contributed by atoms with Crippen LogP contribution in [0.3, 0.4) is 0 Å². The van der Waals surface area contributed by atoms with Crippen LogP contribution in [0.2, 0.25) is 0 Å². The molecule has 2 heterocycles. The summed E-state index contributed by atoms with van der Waals surface area (Å²) in [5.74, 6) is 1.19. The van der Waals surface area contributed by atoms with Crippen molar-refractivity contribution in [1.29, 1.82) is 0 Å². The van der Waals surface area contributed by atoms with Crippen molar-refractivity contribution >= 4 is 11.8 Å². The molecule has 3 rings (SSSR count). The molecule has 0 aliphatic carbocycles. The van der Waals surface area contributed by atoms with E-state index in [9.17, 15) is 0 Å². The Morgan fingerprint density at radius 1 is 1.17 bits per heavy atom. The summed E-state index contributed by atoms with van der Waals surface area (Å²) in [5.41, 5.74) is 8.23. The quantitative estimate of drug-likeness (QED) is 0.853. The molecule has 0 bridgehead atoms. The van der Waals surface area contributed by atoms with Crippen LogP contribution in [0, 0.1) is 0 Å². The van der Waals surface area contributed by atoms with Crippen molar-refractivity contribution in [2.75, 3.05) is 30.7 Å². The van der Waals surface area contributed by atoms with E-state index in [-0.39, 0.29) is 0 Å². The molecular formula is C19H27N5. The molecule has 1 aliphatic heterocycles. The van der Waals surface area contributed by atoms with Crippen LogP contribution in [0.4, 0.5) is 11.8 Å². The molecular weight excluding hydrogens is 298 g/mol. The lowest BCUT2D eigenvalue weighted by molar-refractivity contribution is 0.170. The zero-order valence-electron chi connectivity index (χ0n) is 14.4. The summed E-state index contributed by atoms with van der Waals surface area (Å²) in [5, 5.41) is 3.53. The molecule has 1 aromatic carbocycles. The highest BCUT2D eigenvalue weighted by atomic mass is 15.2. The predicted octanol–water partition coefficient (Wildman–Crippen LogP) is 3.26. The lowest BCUT2D eigenvalue weighted by Crippen LogP contribution is -2.37. The fraction of sp³-hybridized carbons (Fsp3) is 0.474. The minimum atomic E-state index is 0.323. The molecule has 0 spiro atoms. The number of hydrogen-bond donors (Lipinski definition) is 2. The third kappa shape index (κ3) is 4.03. The number of rotatable bonds is 6. The monoisotopic (exact) mass is 325 g/mol. The van der Waals surface area contributed by atoms with Gasteiger partial charge in [0.25, 0.3) is 0 Å². The van der Waals surface area contributed by atoms with Crippen molar-refractivity contribution in [2.24, 2.45) is 0 Å². The summed E-state index contributed by atoms with van der Waals surface area (Å²) < 4.78 is 0. The third-order valence-corrected chi connectivity index (χ3v) is 4.74. The number of aromatic nitrogens is 2. The van der Waals surface area contributed by atoms with Gasteiger partial charge in [0.15, 0.2) is 0 Å². The number of nitrogens with zero attached hydrogens (tertiary/aromatic N) is 3. The van der Waals surface area contributed by atoms with Crippen LogP contribution in [0.1, 0.15) is 43.4 Å². The molecule has 1 fully saturated rings. The van der Waals surface area contributed by atoms with E-state index in [1.165, 1.54) is 24.8 Å². The Hall–Kier alpha value is -2.14. The molecule has 1 saturated heterocycles. The van der Waals surface area contributed by atoms with Gasteiger partial charge >= 0.3 is 0 Å². The van der Waals surface area contributed by atoms with Gasteiger partial charge in [-0.25, -0.2) is 4.98 Å². The van der Waals surface area contributed by atoms with Gasteiger partial charge in [0.1, 0.15) is 5.82 Å². The van der Waals surface area contributed by atoms with Crippen LogP contribution in [0.5, 0.6) is 0 Å². The minimum absolute atomic E-state index is 0.323. The van der Waals surface area contributed by atoms with Crippen LogP contribution in [-0.2, 0) is 6.42 Å². The molecule has 1 atom stereocenters. The fourth-order valence-corrected chi connectivity index (χ4v) is 3.39. The average molecular weight is 325 g/mol. The highest BCUT2D eigenvalue weighted by Crippen LogP contribution is 2.25. The van der Waals surface area contributed by atoms with Crippen molar-refractivity contribution in [1.82, 2.24) is 14.9 Å². The molecule has 24 heavy (non-hydrogen) atoms. The first-order valence-electron chi connectivity index (χ1n) is 8.92. The van der Waals surface area contributed by atoms with Crippen molar-refractivity contribution in [2.45, 2.75) is 38.6 Å². The number of likely N-dealkylation sites (tertiary alicyclic amines) is 1. The van der Waals surface area contributed by atoms with Gasteiger partial charge in [-0.3, -0.25) is 4.90 Å². The van der Waals surface area contributed by atoms with Crippen LogP contribution in [0.15, 0.2) is 36.5 Å². The Morgan fingerprint density at radius 2 is 1.92 bits per heavy atom. The fourth-order valence-electron chi connectivity index (χ4n) is 3.39. The van der Waals surface area contributed by atoms with Gasteiger partial charge in [0.05, 0.1) is 6.04 Å². The summed E-state index contributed by atoms with van der Waals surface area (Å²) in [7, 11) is 0. The van der Waals surface area contributed by atoms with Crippen molar-refractivity contribution in [3.05, 3.63) is 47.7 Å². The van der Waals surface area contributed by atoms with Crippen molar-refractivity contribution < 1.29 is 0 Å². The van der Waals surface area contributed by atoms with E-state index >= 15 is 0 Å². The lowest BCUT2D eigenvalue weighted by atomic mass is 10.0. The summed E-state index contributed by atoms with van der Waals surface area (Å²) in [4.78, 5) is 11.1. The van der Waals surface area contributed by atoms with E-state index in [0.29, 0.717) is 12.0 Å². The lowest BCUT2D eigenvalue weighted by Gasteiger charge is -2.35. The van der Waals surface area contributed by atoms with Crippen LogP contribution in [0.25, 0.3) is 0 Å². The number of piperidine rings is 1. The van der Waals surface area contributed by atoms with E-state index in [1.54, 1.807) is 0 Å². The Balaban J connectivity index is 1.78. The highest BCUT2D eigenvalue weighted by Gasteiger charge is 2.22. The Bertz CT molecular complexity index is 637. The van der Waals surface area contributed by atoms with Gasteiger partial charge < -0.3 is 11.1 Å². The van der Waals surface area contributed by atoms with Gasteiger partial charge in [-0.05, 0) is 37.9 Å². The molecule has 3 N–H and O–H groups in total. The number of nitrogens with one attached hydrogen (secondary N) is 1. The van der Waals surface area contributed by atoms with E-state index in [0.717, 1.165) is 37.4 Å². The molecule has 0 unspecified atom stereocenters. The van der Waals surface area contributed by atoms with E-state index < -0.39 is 0 Å². The summed E-state index contributed by atoms with van der Waals surface area (Å²) in [6, 6.07) is 11.1. The molecule has 5 heteroatoms. The maximum atomic E-state index is 5.77. The van der Waals surface area contributed by atoms with Gasteiger partial charge in [-0.1, -0.05) is 43.7 Å². The van der Waals surface area contributed by atoms with Crippen LogP contribution < -0.4 is 11.1 Å². The Labute approximate surface area is 144 Å². The summed E-state index contributed by atoms with van der Waals surface area (Å²) in [6.45, 7) is 5.26. The van der Waals surface area contributed by atoms with Gasteiger partial charge in [0.2, 0.25) is 5.95 Å². The van der Waals surface area contributed by atoms with Crippen molar-refractivity contribution in [3.63, 3.8) is 0 Å². The van der Waals surface area contributed by atoms with E-state index in [1.807, 2.05) is 6.20 Å². The summed E-state index contributed by atoms with van der Waals surface area (Å²) in [6.07, 6.45) is 6.62. The smallest absolute Gasteiger partial charge is 0.221 e. The normalized spacial score (nSPS) is 16.7. The molecule has 128 valence electrons. The second-order valence-corrected chi connectivity index (χ2v) is 6.36. The number of benzene rings is 1. The third-order valence-electron chi connectivity index (χ3n) is 4.74. The van der Waals surface area contributed by atoms with Crippen LogP contribution in [-0.4, -0.2) is 34.5 Å². The first kappa shape index (κ1) is 16.7. The first-order chi connectivity index (χ1) is 11.8. The maximum Gasteiger partial charge on any atom is 0.221 e. The molecule has 2 aromatic rings. The zero-order chi connectivity index (χ0) is 16.8. The zero-order valence-corrected chi connectivity index (χ0v) is 14.4. The molecule has 5 nitrogen and oxygen atoms in total. The molecule has 1 aliphatic rings. The van der Waals surface area contributed by atoms with Gasteiger partial charge in [0, 0.05) is 18.3 Å². The largest absolute Gasteiger partial charge is 0.368 e. The predicted molar refractivity (Wildman–Crippen MR) is 98.9 cm³/mol. The highest BCUT2D eigenvalue weighted by molar-refractivity contribution is 5.46. The Morgan fingerprint density at radius 3 is 2.62 bits per heavy atom. The standard InChI is InChI=1S/C19H27N5/c1-2-15-13-22-19(20)23-18(15)21-14-17(16-9-5-3-6-10-16)24-11-7-4-8-12-24/h3,5-6,9-10,13,17H,2,4,7-8,11-12,14H2,1H3,(H3,20,21,22,23)/t17-/m0/s1. The SMILES string of the molecule is CCc1cnc(N)nc1NC[C@@H](c1ccccc1)N1CCCCC1. The molecule has 1 aromatic heterocycles. The number of aryl methyl sites for hydroxylation is 1. The number of nitrogen functional groups attached to an aromatic ring is 1. The Kier molecular flexibility index (Phi) is 5.64. The van der Waals surface area contributed by atoms with Gasteiger partial charge in [-0.2, -0.15) is 4.98 Å².